The summed E-state index contributed by atoms with van der Waals surface area (Å²) < 4.78 is 22.7. The van der Waals surface area contributed by atoms with Crippen LogP contribution in [0.1, 0.15) is 54.7 Å². The molecule has 0 fully saturated rings. The quantitative estimate of drug-likeness (QED) is 0.125. The molecular weight excluding hydrogens is 570 g/mol. The van der Waals surface area contributed by atoms with Crippen molar-refractivity contribution in [2.24, 2.45) is 0 Å². The highest BCUT2D eigenvalue weighted by Crippen LogP contribution is 2.33. The number of hydrogen-bond acceptors (Lipinski definition) is 7. The van der Waals surface area contributed by atoms with Crippen LogP contribution in [0.5, 0.6) is 11.5 Å². The fraction of sp³-hybridized carbons (Fsp3) is 0.270. The number of alkyl carbamates (subject to hydrolysis) is 1. The van der Waals surface area contributed by atoms with E-state index in [2.05, 4.69) is 5.32 Å². The molecule has 45 heavy (non-hydrogen) atoms. The van der Waals surface area contributed by atoms with Crippen molar-refractivity contribution in [3.8, 4) is 22.6 Å². The van der Waals surface area contributed by atoms with E-state index in [0.717, 1.165) is 27.8 Å². The molecule has 0 aliphatic carbocycles. The van der Waals surface area contributed by atoms with Gasteiger partial charge in [0.05, 0.1) is 6.61 Å². The van der Waals surface area contributed by atoms with Crippen LogP contribution in [-0.2, 0) is 33.8 Å². The van der Waals surface area contributed by atoms with Gasteiger partial charge in [0.15, 0.2) is 23.9 Å². The highest BCUT2D eigenvalue weighted by atomic mass is 16.6. The minimum absolute atomic E-state index is 0.195. The van der Waals surface area contributed by atoms with Gasteiger partial charge in [-0.25, -0.2) is 4.79 Å². The Bertz CT molecular complexity index is 1610. The minimum atomic E-state index is -0.576. The number of amides is 1. The fourth-order valence-corrected chi connectivity index (χ4v) is 4.52. The summed E-state index contributed by atoms with van der Waals surface area (Å²) in [5, 5.41) is 2.77. The maximum Gasteiger partial charge on any atom is 0.407 e. The number of para-hydroxylation sites is 1. The predicted molar refractivity (Wildman–Crippen MR) is 172 cm³/mol. The summed E-state index contributed by atoms with van der Waals surface area (Å²) in [5.74, 6) is 0.387. The average Bonchev–Trinajstić information content (AvgIpc) is 3.02. The van der Waals surface area contributed by atoms with Gasteiger partial charge in [0.1, 0.15) is 12.2 Å². The van der Waals surface area contributed by atoms with Gasteiger partial charge in [-0.05, 0) is 61.2 Å². The Kier molecular flexibility index (Phi) is 11.3. The van der Waals surface area contributed by atoms with Crippen LogP contribution < -0.4 is 14.8 Å². The number of ketones is 1. The molecule has 0 atom stereocenters. The van der Waals surface area contributed by atoms with E-state index in [-0.39, 0.29) is 25.0 Å². The Balaban J connectivity index is 1.45. The van der Waals surface area contributed by atoms with E-state index in [1.54, 1.807) is 12.1 Å². The minimum Gasteiger partial charge on any atom is -0.485 e. The van der Waals surface area contributed by atoms with E-state index in [4.69, 9.17) is 18.9 Å². The molecule has 1 amide bonds. The molecule has 0 saturated carbocycles. The summed E-state index contributed by atoms with van der Waals surface area (Å²) in [6, 6.07) is 30.3. The van der Waals surface area contributed by atoms with Crippen molar-refractivity contribution in [2.45, 2.75) is 52.9 Å². The highest BCUT2D eigenvalue weighted by molar-refractivity contribution is 5.98. The van der Waals surface area contributed by atoms with E-state index in [9.17, 15) is 14.4 Å². The third kappa shape index (κ3) is 10.5. The summed E-state index contributed by atoms with van der Waals surface area (Å²) in [6.07, 6.45) is -0.0486. The summed E-state index contributed by atoms with van der Waals surface area (Å²) >= 11 is 0. The molecule has 0 aromatic heterocycles. The van der Waals surface area contributed by atoms with Crippen LogP contribution in [0, 0.1) is 0 Å². The first-order valence-corrected chi connectivity index (χ1v) is 14.8. The van der Waals surface area contributed by atoms with E-state index >= 15 is 0 Å². The first-order valence-electron chi connectivity index (χ1n) is 14.8. The maximum absolute atomic E-state index is 13.3. The second-order valence-electron chi connectivity index (χ2n) is 11.5. The lowest BCUT2D eigenvalue weighted by Crippen LogP contribution is -2.32. The van der Waals surface area contributed by atoms with Crippen molar-refractivity contribution in [3.63, 3.8) is 0 Å². The molecule has 0 spiro atoms. The Labute approximate surface area is 264 Å². The Morgan fingerprint density at radius 2 is 1.44 bits per heavy atom. The van der Waals surface area contributed by atoms with Crippen LogP contribution in [0.15, 0.2) is 97.1 Å². The molecular formula is C37H39NO7. The Morgan fingerprint density at radius 3 is 2.18 bits per heavy atom. The molecule has 0 aliphatic heterocycles. The molecule has 0 unspecified atom stereocenters. The van der Waals surface area contributed by atoms with E-state index in [1.807, 2.05) is 106 Å². The van der Waals surface area contributed by atoms with Gasteiger partial charge >= 0.3 is 12.1 Å². The van der Waals surface area contributed by atoms with Crippen LogP contribution in [-0.4, -0.2) is 36.7 Å². The van der Waals surface area contributed by atoms with Crippen molar-refractivity contribution < 1.29 is 33.3 Å². The van der Waals surface area contributed by atoms with E-state index in [1.165, 1.54) is 6.92 Å². The third-order valence-electron chi connectivity index (χ3n) is 6.60. The van der Waals surface area contributed by atoms with Crippen LogP contribution in [0.2, 0.25) is 0 Å². The van der Waals surface area contributed by atoms with Gasteiger partial charge in [-0.15, -0.1) is 0 Å². The van der Waals surface area contributed by atoms with Crippen molar-refractivity contribution in [1.82, 2.24) is 5.32 Å². The van der Waals surface area contributed by atoms with Crippen molar-refractivity contribution >= 4 is 17.8 Å². The lowest BCUT2D eigenvalue weighted by Gasteiger charge is -2.19. The molecule has 4 rings (SSSR count). The SMILES string of the molecule is CC(=O)OCCc1cccc(OCC(=O)c2cccc(-c3cccc(CNC(=O)OC(C)(C)C)c3)c2)c1OCc1ccccc1. The predicted octanol–water partition coefficient (Wildman–Crippen LogP) is 7.32. The lowest BCUT2D eigenvalue weighted by molar-refractivity contribution is -0.140. The van der Waals surface area contributed by atoms with Gasteiger partial charge in [0.25, 0.3) is 0 Å². The Hall–Kier alpha value is -5.11. The lowest BCUT2D eigenvalue weighted by atomic mass is 10.00. The molecule has 8 heteroatoms. The number of carbonyl (C=O) groups excluding carboxylic acids is 3. The monoisotopic (exact) mass is 609 g/mol. The number of Topliss-reactive ketones (excluding diaryl/α,β-unsaturated/α-hetero) is 1. The first-order chi connectivity index (χ1) is 21.6. The molecule has 0 heterocycles. The largest absolute Gasteiger partial charge is 0.485 e. The second-order valence-corrected chi connectivity index (χ2v) is 11.5. The highest BCUT2D eigenvalue weighted by Gasteiger charge is 2.17. The molecule has 0 aliphatic rings. The molecule has 8 nitrogen and oxygen atoms in total. The number of rotatable bonds is 13. The molecule has 1 N–H and O–H groups in total. The van der Waals surface area contributed by atoms with Gasteiger partial charge in [-0.1, -0.05) is 78.9 Å². The normalized spacial score (nSPS) is 10.9. The first kappa shape index (κ1) is 32.8. The molecule has 0 bridgehead atoms. The molecule has 4 aromatic carbocycles. The van der Waals surface area contributed by atoms with Gasteiger partial charge in [0, 0.05) is 31.0 Å². The number of benzene rings is 4. The fourth-order valence-electron chi connectivity index (χ4n) is 4.52. The van der Waals surface area contributed by atoms with Crippen molar-refractivity contribution in [1.29, 1.82) is 0 Å². The zero-order valence-electron chi connectivity index (χ0n) is 26.1. The summed E-state index contributed by atoms with van der Waals surface area (Å²) in [7, 11) is 0. The molecule has 0 saturated heterocycles. The number of nitrogens with one attached hydrogen (secondary N) is 1. The summed E-state index contributed by atoms with van der Waals surface area (Å²) in [5.41, 5.74) is 4.38. The second kappa shape index (κ2) is 15.6. The van der Waals surface area contributed by atoms with Gasteiger partial charge < -0.3 is 24.3 Å². The molecule has 4 aromatic rings. The maximum atomic E-state index is 13.3. The van der Waals surface area contributed by atoms with Crippen molar-refractivity contribution in [2.75, 3.05) is 13.2 Å². The molecule has 234 valence electrons. The topological polar surface area (TPSA) is 100 Å². The van der Waals surface area contributed by atoms with E-state index < -0.39 is 11.7 Å². The molecule has 0 radical (unpaired) electrons. The van der Waals surface area contributed by atoms with Gasteiger partial charge in [-0.2, -0.15) is 0 Å². The average molecular weight is 610 g/mol. The van der Waals surface area contributed by atoms with Crippen LogP contribution in [0.3, 0.4) is 0 Å². The zero-order valence-corrected chi connectivity index (χ0v) is 26.1. The summed E-state index contributed by atoms with van der Waals surface area (Å²) in [4.78, 5) is 36.7. The van der Waals surface area contributed by atoms with Crippen molar-refractivity contribution in [3.05, 3.63) is 119 Å². The smallest absolute Gasteiger partial charge is 0.407 e. The standard InChI is InChI=1S/C37H39NO7/c1-26(39)42-20-19-29-14-10-18-34(35(29)44-24-27-11-6-5-7-12-27)43-25-33(40)32-17-9-16-31(22-32)30-15-8-13-28(21-30)23-38-36(41)45-37(2,3)4/h5-18,21-22H,19-20,23-25H2,1-4H3,(H,38,41). The third-order valence-corrected chi connectivity index (χ3v) is 6.60. The van der Waals surface area contributed by atoms with Gasteiger partial charge in [0.2, 0.25) is 0 Å². The van der Waals surface area contributed by atoms with Gasteiger partial charge in [-0.3, -0.25) is 9.59 Å². The zero-order chi connectivity index (χ0) is 32.2. The van der Waals surface area contributed by atoms with Crippen LogP contribution in [0.4, 0.5) is 4.79 Å². The Morgan fingerprint density at radius 1 is 0.756 bits per heavy atom. The number of ether oxygens (including phenoxy) is 4. The van der Waals surface area contributed by atoms with E-state index in [0.29, 0.717) is 36.6 Å². The number of carbonyl (C=O) groups is 3. The van der Waals surface area contributed by atoms with Crippen LogP contribution in [0.25, 0.3) is 11.1 Å². The number of esters is 1. The summed E-state index contributed by atoms with van der Waals surface area (Å²) in [6.45, 7) is 7.44. The van der Waals surface area contributed by atoms with Crippen LogP contribution >= 0.6 is 0 Å². The number of hydrogen-bond donors (Lipinski definition) is 1.